The number of Topliss-reactive ketones (excluding diaryl/α,β-unsaturated/α-hetero) is 1. The quantitative estimate of drug-likeness (QED) is 0.582. The van der Waals surface area contributed by atoms with Crippen molar-refractivity contribution < 1.29 is 27.5 Å². The summed E-state index contributed by atoms with van der Waals surface area (Å²) >= 11 is 0. The lowest BCUT2D eigenvalue weighted by atomic mass is 10.00. The van der Waals surface area contributed by atoms with Crippen LogP contribution in [0.25, 0.3) is 0 Å². The minimum absolute atomic E-state index is 0.101. The molecule has 0 aliphatic heterocycles. The standard InChI is InChI=1S/C18H15F3O3/c1-24-17-9-5-13(11-22)10-15(17)16(23)8-4-12-2-6-14(7-3-12)18(19,20)21/h2-3,5-7,9-11H,4,8H2,1H3. The molecule has 24 heavy (non-hydrogen) atoms. The monoisotopic (exact) mass is 336 g/mol. The Kier molecular flexibility index (Phi) is 5.39. The van der Waals surface area contributed by atoms with Crippen LogP contribution in [-0.4, -0.2) is 19.2 Å². The molecule has 126 valence electrons. The Morgan fingerprint density at radius 3 is 2.33 bits per heavy atom. The average Bonchev–Trinajstić information content (AvgIpc) is 2.58. The lowest BCUT2D eigenvalue weighted by Gasteiger charge is -2.09. The molecule has 0 bridgehead atoms. The summed E-state index contributed by atoms with van der Waals surface area (Å²) in [6.07, 6.45) is -3.35. The average molecular weight is 336 g/mol. The SMILES string of the molecule is COc1ccc(C=O)cc1C(=O)CCc1ccc(C(F)(F)F)cc1. The molecule has 0 spiro atoms. The van der Waals surface area contributed by atoms with Gasteiger partial charge in [-0.25, -0.2) is 0 Å². The van der Waals surface area contributed by atoms with Crippen LogP contribution >= 0.6 is 0 Å². The summed E-state index contributed by atoms with van der Waals surface area (Å²) < 4.78 is 42.6. The number of carbonyl (C=O) groups is 2. The molecule has 0 radical (unpaired) electrons. The first-order chi connectivity index (χ1) is 11.3. The molecule has 2 aromatic rings. The van der Waals surface area contributed by atoms with Crippen LogP contribution in [0.1, 0.15) is 38.3 Å². The van der Waals surface area contributed by atoms with E-state index >= 15 is 0 Å². The van der Waals surface area contributed by atoms with Crippen molar-refractivity contribution in [1.29, 1.82) is 0 Å². The van der Waals surface area contributed by atoms with Crippen molar-refractivity contribution in [3.8, 4) is 5.75 Å². The van der Waals surface area contributed by atoms with Gasteiger partial charge in [0, 0.05) is 12.0 Å². The number of benzene rings is 2. The second-order valence-corrected chi connectivity index (χ2v) is 5.20. The van der Waals surface area contributed by atoms with E-state index in [0.717, 1.165) is 12.1 Å². The molecule has 6 heteroatoms. The van der Waals surface area contributed by atoms with E-state index in [1.807, 2.05) is 0 Å². The summed E-state index contributed by atoms with van der Waals surface area (Å²) in [5.74, 6) is 0.119. The second kappa shape index (κ2) is 7.29. The lowest BCUT2D eigenvalue weighted by molar-refractivity contribution is -0.137. The van der Waals surface area contributed by atoms with E-state index < -0.39 is 11.7 Å². The Balaban J connectivity index is 2.09. The first kappa shape index (κ1) is 17.7. The summed E-state index contributed by atoms with van der Waals surface area (Å²) in [5.41, 5.74) is 0.544. The molecular formula is C18H15F3O3. The maximum atomic E-state index is 12.5. The van der Waals surface area contributed by atoms with E-state index in [1.54, 1.807) is 6.07 Å². The number of alkyl halides is 3. The summed E-state index contributed by atoms with van der Waals surface area (Å²) in [5, 5.41) is 0. The maximum Gasteiger partial charge on any atom is 0.416 e. The highest BCUT2D eigenvalue weighted by Crippen LogP contribution is 2.29. The van der Waals surface area contributed by atoms with Gasteiger partial charge in [-0.1, -0.05) is 12.1 Å². The minimum Gasteiger partial charge on any atom is -0.496 e. The number of carbonyl (C=O) groups excluding carboxylic acids is 2. The van der Waals surface area contributed by atoms with Crippen molar-refractivity contribution in [1.82, 2.24) is 0 Å². The Labute approximate surface area is 137 Å². The predicted octanol–water partition coefficient (Wildman–Crippen LogP) is 4.34. The van der Waals surface area contributed by atoms with Gasteiger partial charge in [-0.05, 0) is 42.3 Å². The molecule has 0 heterocycles. The highest BCUT2D eigenvalue weighted by atomic mass is 19.4. The van der Waals surface area contributed by atoms with Crippen molar-refractivity contribution in [2.75, 3.05) is 7.11 Å². The molecule has 0 saturated heterocycles. The molecule has 0 aliphatic rings. The van der Waals surface area contributed by atoms with Crippen LogP contribution in [0.15, 0.2) is 42.5 Å². The van der Waals surface area contributed by atoms with Crippen LogP contribution in [0, 0.1) is 0 Å². The van der Waals surface area contributed by atoms with Crippen LogP contribution in [0.5, 0.6) is 5.75 Å². The third-order valence-corrected chi connectivity index (χ3v) is 3.58. The first-order valence-electron chi connectivity index (χ1n) is 7.17. The van der Waals surface area contributed by atoms with Gasteiger partial charge in [-0.3, -0.25) is 9.59 Å². The summed E-state index contributed by atoms with van der Waals surface area (Å²) in [4.78, 5) is 23.1. The van der Waals surface area contributed by atoms with Crippen LogP contribution in [0.3, 0.4) is 0 Å². The minimum atomic E-state index is -4.38. The van der Waals surface area contributed by atoms with Gasteiger partial charge in [-0.2, -0.15) is 13.2 Å². The summed E-state index contributed by atoms with van der Waals surface area (Å²) in [6, 6.07) is 9.22. The number of rotatable bonds is 6. The van der Waals surface area contributed by atoms with E-state index in [9.17, 15) is 22.8 Å². The number of aryl methyl sites for hydroxylation is 1. The molecular weight excluding hydrogens is 321 g/mol. The fourth-order valence-corrected chi connectivity index (χ4v) is 2.27. The molecule has 0 N–H and O–H groups in total. The number of methoxy groups -OCH3 is 1. The maximum absolute atomic E-state index is 12.5. The summed E-state index contributed by atoms with van der Waals surface area (Å²) in [7, 11) is 1.42. The molecule has 0 unspecified atom stereocenters. The number of ether oxygens (including phenoxy) is 1. The lowest BCUT2D eigenvalue weighted by Crippen LogP contribution is -2.06. The van der Waals surface area contributed by atoms with E-state index in [-0.39, 0.29) is 17.8 Å². The van der Waals surface area contributed by atoms with Gasteiger partial charge < -0.3 is 4.74 Å². The van der Waals surface area contributed by atoms with Crippen molar-refractivity contribution in [2.45, 2.75) is 19.0 Å². The van der Waals surface area contributed by atoms with Gasteiger partial charge in [0.1, 0.15) is 12.0 Å². The van der Waals surface area contributed by atoms with Crippen molar-refractivity contribution in [3.05, 3.63) is 64.7 Å². The van der Waals surface area contributed by atoms with Gasteiger partial charge in [0.15, 0.2) is 5.78 Å². The Bertz CT molecular complexity index is 734. The molecule has 0 aromatic heterocycles. The topological polar surface area (TPSA) is 43.4 Å². The highest BCUT2D eigenvalue weighted by molar-refractivity contribution is 6.00. The fourth-order valence-electron chi connectivity index (χ4n) is 2.27. The first-order valence-corrected chi connectivity index (χ1v) is 7.17. The highest BCUT2D eigenvalue weighted by Gasteiger charge is 2.29. The van der Waals surface area contributed by atoms with E-state index in [0.29, 0.717) is 29.6 Å². The fraction of sp³-hybridized carbons (Fsp3) is 0.222. The number of halogens is 3. The predicted molar refractivity (Wildman–Crippen MR) is 82.5 cm³/mol. The Morgan fingerprint density at radius 1 is 1.12 bits per heavy atom. The molecule has 0 atom stereocenters. The van der Waals surface area contributed by atoms with Crippen molar-refractivity contribution in [2.24, 2.45) is 0 Å². The molecule has 0 aliphatic carbocycles. The van der Waals surface area contributed by atoms with Gasteiger partial charge in [0.25, 0.3) is 0 Å². The van der Waals surface area contributed by atoms with E-state index in [4.69, 9.17) is 4.74 Å². The number of hydrogen-bond donors (Lipinski definition) is 0. The number of hydrogen-bond acceptors (Lipinski definition) is 3. The largest absolute Gasteiger partial charge is 0.496 e. The van der Waals surface area contributed by atoms with E-state index in [2.05, 4.69) is 0 Å². The molecule has 3 nitrogen and oxygen atoms in total. The normalized spacial score (nSPS) is 11.2. The molecule has 2 rings (SSSR count). The van der Waals surface area contributed by atoms with Crippen molar-refractivity contribution >= 4 is 12.1 Å². The molecule has 2 aromatic carbocycles. The molecule has 0 amide bonds. The van der Waals surface area contributed by atoms with Crippen LogP contribution in [-0.2, 0) is 12.6 Å². The molecule has 0 fully saturated rings. The van der Waals surface area contributed by atoms with Gasteiger partial charge >= 0.3 is 6.18 Å². The Hall–Kier alpha value is -2.63. The number of aldehydes is 1. The van der Waals surface area contributed by atoms with Crippen LogP contribution in [0.2, 0.25) is 0 Å². The van der Waals surface area contributed by atoms with Crippen LogP contribution < -0.4 is 4.74 Å². The van der Waals surface area contributed by atoms with Gasteiger partial charge in [-0.15, -0.1) is 0 Å². The van der Waals surface area contributed by atoms with Gasteiger partial charge in [0.05, 0.1) is 18.2 Å². The zero-order chi connectivity index (χ0) is 17.7. The zero-order valence-corrected chi connectivity index (χ0v) is 12.9. The number of ketones is 1. The third-order valence-electron chi connectivity index (χ3n) is 3.58. The third kappa shape index (κ3) is 4.22. The van der Waals surface area contributed by atoms with E-state index in [1.165, 1.54) is 31.4 Å². The molecule has 0 saturated carbocycles. The Morgan fingerprint density at radius 2 is 1.79 bits per heavy atom. The van der Waals surface area contributed by atoms with Gasteiger partial charge in [0.2, 0.25) is 0 Å². The second-order valence-electron chi connectivity index (χ2n) is 5.20. The summed E-state index contributed by atoms with van der Waals surface area (Å²) in [6.45, 7) is 0. The smallest absolute Gasteiger partial charge is 0.416 e. The van der Waals surface area contributed by atoms with Crippen molar-refractivity contribution in [3.63, 3.8) is 0 Å². The zero-order valence-electron chi connectivity index (χ0n) is 12.9. The van der Waals surface area contributed by atoms with Crippen LogP contribution in [0.4, 0.5) is 13.2 Å².